The monoisotopic (exact) mass is 209 g/mol. The van der Waals surface area contributed by atoms with Gasteiger partial charge in [-0.3, -0.25) is 9.48 Å². The summed E-state index contributed by atoms with van der Waals surface area (Å²) in [6.45, 7) is 3.01. The van der Waals surface area contributed by atoms with Crippen molar-refractivity contribution in [2.75, 3.05) is 13.1 Å². The molecule has 0 spiro atoms. The molecule has 0 bridgehead atoms. The van der Waals surface area contributed by atoms with Gasteiger partial charge in [-0.1, -0.05) is 0 Å². The Hall–Kier alpha value is -1.36. The molecule has 5 nitrogen and oxygen atoms in total. The Kier molecular flexibility index (Phi) is 2.26. The molecule has 5 heteroatoms. The van der Waals surface area contributed by atoms with Gasteiger partial charge in [0.25, 0.3) is 0 Å². The number of hydrogen-bond donors (Lipinski definition) is 2. The number of aromatic nitrogens is 2. The zero-order chi connectivity index (χ0) is 11.1. The molecule has 0 unspecified atom stereocenters. The SMILES string of the molecule is Cc1cc(CC2(C(=O)O)CNC2)n(C)n1. The second-order valence-corrected chi connectivity index (χ2v) is 4.27. The fourth-order valence-electron chi connectivity index (χ4n) is 1.95. The summed E-state index contributed by atoms with van der Waals surface area (Å²) in [7, 11) is 1.85. The highest BCUT2D eigenvalue weighted by Gasteiger charge is 2.45. The number of nitrogens with zero attached hydrogens (tertiary/aromatic N) is 2. The molecule has 15 heavy (non-hydrogen) atoms. The fraction of sp³-hybridized carbons (Fsp3) is 0.600. The van der Waals surface area contributed by atoms with Crippen LogP contribution in [0.15, 0.2) is 6.07 Å². The second kappa shape index (κ2) is 3.34. The number of hydrogen-bond acceptors (Lipinski definition) is 3. The lowest BCUT2D eigenvalue weighted by Gasteiger charge is -2.38. The molecule has 1 aromatic heterocycles. The van der Waals surface area contributed by atoms with Gasteiger partial charge in [0.05, 0.1) is 11.1 Å². The summed E-state index contributed by atoms with van der Waals surface area (Å²) in [6, 6.07) is 1.95. The van der Waals surface area contributed by atoms with Gasteiger partial charge in [-0.05, 0) is 13.0 Å². The predicted octanol–water partition coefficient (Wildman–Crippen LogP) is -0.0548. The number of carboxylic acid groups (broad SMARTS) is 1. The van der Waals surface area contributed by atoms with Crippen molar-refractivity contribution in [3.05, 3.63) is 17.5 Å². The van der Waals surface area contributed by atoms with E-state index in [1.165, 1.54) is 0 Å². The third kappa shape index (κ3) is 1.63. The van der Waals surface area contributed by atoms with Gasteiger partial charge in [0.1, 0.15) is 0 Å². The van der Waals surface area contributed by atoms with Crippen LogP contribution in [0.4, 0.5) is 0 Å². The number of aliphatic carboxylic acids is 1. The first-order valence-corrected chi connectivity index (χ1v) is 4.97. The Labute approximate surface area is 88.1 Å². The van der Waals surface area contributed by atoms with Crippen molar-refractivity contribution < 1.29 is 9.90 Å². The topological polar surface area (TPSA) is 67.2 Å². The van der Waals surface area contributed by atoms with Crippen molar-refractivity contribution in [1.29, 1.82) is 0 Å². The minimum atomic E-state index is -0.722. The van der Waals surface area contributed by atoms with Gasteiger partial charge in [-0.25, -0.2) is 0 Å². The third-order valence-electron chi connectivity index (χ3n) is 3.00. The summed E-state index contributed by atoms with van der Waals surface area (Å²) in [5, 5.41) is 16.4. The first-order chi connectivity index (χ1) is 7.03. The first-order valence-electron chi connectivity index (χ1n) is 4.97. The van der Waals surface area contributed by atoms with Crippen LogP contribution < -0.4 is 5.32 Å². The maximum Gasteiger partial charge on any atom is 0.312 e. The number of carboxylic acids is 1. The molecule has 1 aromatic rings. The number of aryl methyl sites for hydroxylation is 2. The maximum absolute atomic E-state index is 11.2. The van der Waals surface area contributed by atoms with Crippen LogP contribution in [0.1, 0.15) is 11.4 Å². The average Bonchev–Trinajstić information content (AvgIpc) is 2.37. The summed E-state index contributed by atoms with van der Waals surface area (Å²) < 4.78 is 1.76. The molecule has 0 amide bonds. The van der Waals surface area contributed by atoms with Crippen LogP contribution in [-0.4, -0.2) is 33.9 Å². The van der Waals surface area contributed by atoms with E-state index in [9.17, 15) is 9.90 Å². The molecule has 82 valence electrons. The molecule has 0 aliphatic carbocycles. The molecular formula is C10H15N3O2. The highest BCUT2D eigenvalue weighted by molar-refractivity contribution is 5.77. The minimum Gasteiger partial charge on any atom is -0.481 e. The third-order valence-corrected chi connectivity index (χ3v) is 3.00. The quantitative estimate of drug-likeness (QED) is 0.732. The lowest BCUT2D eigenvalue weighted by molar-refractivity contribution is -0.152. The molecule has 1 aliphatic rings. The van der Waals surface area contributed by atoms with Crippen LogP contribution in [0.25, 0.3) is 0 Å². The zero-order valence-corrected chi connectivity index (χ0v) is 8.95. The van der Waals surface area contributed by atoms with Gasteiger partial charge in [0.2, 0.25) is 0 Å². The summed E-state index contributed by atoms with van der Waals surface area (Å²) >= 11 is 0. The molecule has 2 rings (SSSR count). The summed E-state index contributed by atoms with van der Waals surface area (Å²) in [5.41, 5.74) is 1.29. The largest absolute Gasteiger partial charge is 0.481 e. The van der Waals surface area contributed by atoms with Crippen LogP contribution in [0, 0.1) is 12.3 Å². The second-order valence-electron chi connectivity index (χ2n) is 4.27. The van der Waals surface area contributed by atoms with Gasteiger partial charge in [-0.15, -0.1) is 0 Å². The maximum atomic E-state index is 11.2. The lowest BCUT2D eigenvalue weighted by Crippen LogP contribution is -2.59. The van der Waals surface area contributed by atoms with E-state index in [0.717, 1.165) is 11.4 Å². The highest BCUT2D eigenvalue weighted by Crippen LogP contribution is 2.28. The molecule has 1 saturated heterocycles. The molecule has 2 N–H and O–H groups in total. The predicted molar refractivity (Wildman–Crippen MR) is 54.6 cm³/mol. The van der Waals surface area contributed by atoms with E-state index in [0.29, 0.717) is 19.5 Å². The van der Waals surface area contributed by atoms with E-state index in [1.807, 2.05) is 20.0 Å². The Bertz CT molecular complexity index is 393. The molecular weight excluding hydrogens is 194 g/mol. The molecule has 1 aliphatic heterocycles. The van der Waals surface area contributed by atoms with Crippen molar-refractivity contribution in [2.45, 2.75) is 13.3 Å². The Morgan fingerprint density at radius 2 is 2.40 bits per heavy atom. The van der Waals surface area contributed by atoms with Gasteiger partial charge >= 0.3 is 5.97 Å². The number of nitrogens with one attached hydrogen (secondary N) is 1. The van der Waals surface area contributed by atoms with E-state index < -0.39 is 11.4 Å². The zero-order valence-electron chi connectivity index (χ0n) is 8.95. The van der Waals surface area contributed by atoms with Gasteiger partial charge in [0, 0.05) is 32.3 Å². The number of carbonyl (C=O) groups is 1. The molecule has 0 saturated carbocycles. The van der Waals surface area contributed by atoms with E-state index in [4.69, 9.17) is 0 Å². The van der Waals surface area contributed by atoms with Crippen LogP contribution in [-0.2, 0) is 18.3 Å². The van der Waals surface area contributed by atoms with Crippen molar-refractivity contribution in [3.63, 3.8) is 0 Å². The molecule has 0 atom stereocenters. The normalized spacial score (nSPS) is 18.5. The standard InChI is InChI=1S/C10H15N3O2/c1-7-3-8(13(2)12-7)4-10(9(14)15)5-11-6-10/h3,11H,4-6H2,1-2H3,(H,14,15). The Morgan fingerprint density at radius 3 is 2.73 bits per heavy atom. The molecule has 0 radical (unpaired) electrons. The minimum absolute atomic E-state index is 0.548. The first kappa shape index (κ1) is 10.2. The van der Waals surface area contributed by atoms with Crippen LogP contribution in [0.2, 0.25) is 0 Å². The highest BCUT2D eigenvalue weighted by atomic mass is 16.4. The van der Waals surface area contributed by atoms with Crippen LogP contribution in [0.5, 0.6) is 0 Å². The van der Waals surface area contributed by atoms with Crippen LogP contribution in [0.3, 0.4) is 0 Å². The molecule has 1 fully saturated rings. The van der Waals surface area contributed by atoms with E-state index in [-0.39, 0.29) is 0 Å². The van der Waals surface area contributed by atoms with E-state index in [2.05, 4.69) is 10.4 Å². The van der Waals surface area contributed by atoms with Gasteiger partial charge < -0.3 is 10.4 Å². The van der Waals surface area contributed by atoms with E-state index >= 15 is 0 Å². The Balaban J connectivity index is 2.20. The van der Waals surface area contributed by atoms with Crippen molar-refractivity contribution in [2.24, 2.45) is 12.5 Å². The fourth-order valence-corrected chi connectivity index (χ4v) is 1.95. The van der Waals surface area contributed by atoms with Gasteiger partial charge in [0.15, 0.2) is 0 Å². The number of rotatable bonds is 3. The Morgan fingerprint density at radius 1 is 1.73 bits per heavy atom. The lowest BCUT2D eigenvalue weighted by atomic mass is 9.77. The smallest absolute Gasteiger partial charge is 0.312 e. The van der Waals surface area contributed by atoms with Gasteiger partial charge in [-0.2, -0.15) is 5.10 Å². The molecule has 0 aromatic carbocycles. The average molecular weight is 209 g/mol. The summed E-state index contributed by atoms with van der Waals surface area (Å²) in [5.74, 6) is -0.722. The van der Waals surface area contributed by atoms with E-state index in [1.54, 1.807) is 4.68 Å². The molecule has 2 heterocycles. The summed E-state index contributed by atoms with van der Waals surface area (Å²) in [4.78, 5) is 11.2. The van der Waals surface area contributed by atoms with Crippen molar-refractivity contribution in [1.82, 2.24) is 15.1 Å². The van der Waals surface area contributed by atoms with Crippen LogP contribution >= 0.6 is 0 Å². The van der Waals surface area contributed by atoms with Crippen molar-refractivity contribution in [3.8, 4) is 0 Å². The summed E-state index contributed by atoms with van der Waals surface area (Å²) in [6.07, 6.45) is 0.548. The van der Waals surface area contributed by atoms with Crippen molar-refractivity contribution >= 4 is 5.97 Å².